The summed E-state index contributed by atoms with van der Waals surface area (Å²) in [4.78, 5) is 0. The number of rotatable bonds is 4. The summed E-state index contributed by atoms with van der Waals surface area (Å²) in [5.74, 6) is 0. The fraction of sp³-hybridized carbons (Fsp3) is 0.667. The van der Waals surface area contributed by atoms with Crippen LogP contribution in [0.3, 0.4) is 0 Å². The van der Waals surface area contributed by atoms with Crippen LogP contribution in [0, 0.1) is 0 Å². The minimum absolute atomic E-state index is 0.309. The van der Waals surface area contributed by atoms with Crippen molar-refractivity contribution in [3.63, 3.8) is 0 Å². The molecule has 136 valence electrons. The molecule has 0 saturated heterocycles. The van der Waals surface area contributed by atoms with Crippen LogP contribution in [0.15, 0.2) is 24.3 Å². The zero-order valence-corrected chi connectivity index (χ0v) is 15.4. The summed E-state index contributed by atoms with van der Waals surface area (Å²) in [7, 11) is -6.31. The van der Waals surface area contributed by atoms with Crippen molar-refractivity contribution in [2.24, 2.45) is 0 Å². The molecule has 0 atom stereocenters. The number of hydrogen-bond acceptors (Lipinski definition) is 0. The van der Waals surface area contributed by atoms with E-state index in [0.29, 0.717) is 0 Å². The van der Waals surface area contributed by atoms with Crippen molar-refractivity contribution in [2.75, 3.05) is 0 Å². The average molecular weight is 362 g/mol. The van der Waals surface area contributed by atoms with Crippen molar-refractivity contribution in [1.82, 2.24) is 0 Å². The Bertz CT molecular complexity index is 472. The molecule has 0 radical (unpaired) electrons. The van der Waals surface area contributed by atoms with E-state index >= 15 is 0 Å². The van der Waals surface area contributed by atoms with E-state index in [0.717, 1.165) is 11.3 Å². The Morgan fingerprint density at radius 2 is 1.38 bits per heavy atom. The topological polar surface area (TPSA) is 0 Å². The van der Waals surface area contributed by atoms with Crippen molar-refractivity contribution in [2.45, 2.75) is 76.0 Å². The van der Waals surface area contributed by atoms with Gasteiger partial charge in [0.2, 0.25) is 0 Å². The SMILES string of the molecule is CCc1cccc([PH+](C2CCCC2)C2CCCC2)c1.F[B-](F)(F)F. The van der Waals surface area contributed by atoms with E-state index in [1.54, 1.807) is 10.9 Å². The van der Waals surface area contributed by atoms with Gasteiger partial charge in [0, 0.05) is 7.92 Å². The van der Waals surface area contributed by atoms with Crippen LogP contribution in [0.1, 0.15) is 63.9 Å². The molecular formula is C18H28BF4P. The van der Waals surface area contributed by atoms with E-state index in [1.807, 2.05) is 0 Å². The second kappa shape index (κ2) is 9.22. The van der Waals surface area contributed by atoms with E-state index in [1.165, 1.54) is 57.8 Å². The molecule has 3 rings (SSSR count). The maximum Gasteiger partial charge on any atom is 0.673 e. The zero-order chi connectivity index (χ0) is 17.6. The average Bonchev–Trinajstić information content (AvgIpc) is 3.20. The molecule has 0 aliphatic heterocycles. The first-order chi connectivity index (χ1) is 11.4. The first-order valence-electron chi connectivity index (χ1n) is 9.22. The molecule has 0 amide bonds. The molecule has 2 saturated carbocycles. The fourth-order valence-electron chi connectivity index (χ4n) is 4.25. The summed E-state index contributed by atoms with van der Waals surface area (Å²) in [6.07, 6.45) is 13.3. The van der Waals surface area contributed by atoms with Crippen LogP contribution >= 0.6 is 7.92 Å². The molecule has 0 nitrogen and oxygen atoms in total. The molecule has 0 heterocycles. The number of aryl methyl sites for hydroxylation is 1. The second-order valence-corrected chi connectivity index (χ2v) is 10.1. The van der Waals surface area contributed by atoms with Crippen molar-refractivity contribution < 1.29 is 17.3 Å². The highest BCUT2D eigenvalue weighted by Crippen LogP contribution is 2.56. The van der Waals surface area contributed by atoms with Crippen molar-refractivity contribution >= 4 is 20.5 Å². The van der Waals surface area contributed by atoms with E-state index in [4.69, 9.17) is 0 Å². The zero-order valence-electron chi connectivity index (χ0n) is 14.4. The normalized spacial score (nSPS) is 19.6. The summed E-state index contributed by atoms with van der Waals surface area (Å²) in [5, 5.41) is 1.77. The van der Waals surface area contributed by atoms with E-state index < -0.39 is 7.25 Å². The van der Waals surface area contributed by atoms with Gasteiger partial charge in [-0.2, -0.15) is 0 Å². The molecule has 2 aliphatic rings. The van der Waals surface area contributed by atoms with Crippen molar-refractivity contribution in [3.05, 3.63) is 29.8 Å². The molecular weight excluding hydrogens is 334 g/mol. The Morgan fingerprint density at radius 3 is 1.79 bits per heavy atom. The summed E-state index contributed by atoms with van der Waals surface area (Å²) >= 11 is 0. The molecule has 2 fully saturated rings. The van der Waals surface area contributed by atoms with Crippen molar-refractivity contribution in [1.29, 1.82) is 0 Å². The van der Waals surface area contributed by atoms with Gasteiger partial charge in [0.05, 0.1) is 16.6 Å². The standard InChI is InChI=1S/C18H27P.BF4/c1-2-15-8-7-13-18(14-15)19(16-9-3-4-10-16)17-11-5-6-12-17;2-1(3,4)5/h7-8,13-14,16-17H,2-6,9-12H2,1H3;/q;-1/p+1. The quantitative estimate of drug-likeness (QED) is 0.336. The Kier molecular flexibility index (Phi) is 7.59. The van der Waals surface area contributed by atoms with Gasteiger partial charge in [0.1, 0.15) is 0 Å². The third-order valence-corrected chi connectivity index (χ3v) is 9.15. The van der Waals surface area contributed by atoms with Crippen LogP contribution in [0.4, 0.5) is 17.3 Å². The van der Waals surface area contributed by atoms with Gasteiger partial charge in [0.25, 0.3) is 0 Å². The van der Waals surface area contributed by atoms with Crippen LogP contribution in [0.2, 0.25) is 0 Å². The molecule has 0 bridgehead atoms. The minimum atomic E-state index is -6.00. The summed E-state index contributed by atoms with van der Waals surface area (Å²) < 4.78 is 39.0. The first kappa shape index (κ1) is 19.8. The molecule has 0 N–H and O–H groups in total. The fourth-order valence-corrected chi connectivity index (χ4v) is 8.56. The maximum atomic E-state index is 9.75. The Labute approximate surface area is 144 Å². The predicted octanol–water partition coefficient (Wildman–Crippen LogP) is 6.27. The molecule has 6 heteroatoms. The molecule has 1 aromatic rings. The lowest BCUT2D eigenvalue weighted by molar-refractivity contribution is 0.368. The highest BCUT2D eigenvalue weighted by Gasteiger charge is 2.40. The molecule has 1 aromatic carbocycles. The minimum Gasteiger partial charge on any atom is -0.418 e. The maximum absolute atomic E-state index is 9.75. The monoisotopic (exact) mass is 362 g/mol. The van der Waals surface area contributed by atoms with E-state index in [9.17, 15) is 17.3 Å². The summed E-state index contributed by atoms with van der Waals surface area (Å²) in [6, 6.07) is 9.66. The van der Waals surface area contributed by atoms with Crippen LogP contribution in [-0.4, -0.2) is 18.6 Å². The van der Waals surface area contributed by atoms with Gasteiger partial charge in [-0.3, -0.25) is 0 Å². The Morgan fingerprint density at radius 1 is 0.917 bits per heavy atom. The van der Waals surface area contributed by atoms with Crippen LogP contribution < -0.4 is 5.30 Å². The van der Waals surface area contributed by atoms with Gasteiger partial charge in [-0.25, -0.2) is 0 Å². The van der Waals surface area contributed by atoms with E-state index in [2.05, 4.69) is 31.2 Å². The Hall–Kier alpha value is -0.565. The van der Waals surface area contributed by atoms with Crippen LogP contribution in [-0.2, 0) is 6.42 Å². The van der Waals surface area contributed by atoms with Crippen LogP contribution in [0.5, 0.6) is 0 Å². The van der Waals surface area contributed by atoms with Gasteiger partial charge in [0.15, 0.2) is 0 Å². The molecule has 2 aliphatic carbocycles. The smallest absolute Gasteiger partial charge is 0.418 e. The van der Waals surface area contributed by atoms with E-state index in [-0.39, 0.29) is 7.92 Å². The van der Waals surface area contributed by atoms with Gasteiger partial charge in [-0.05, 0) is 75.5 Å². The molecule has 0 aromatic heterocycles. The van der Waals surface area contributed by atoms with Crippen LogP contribution in [0.25, 0.3) is 0 Å². The Balaban J connectivity index is 0.000000368. The molecule has 0 spiro atoms. The second-order valence-electron chi connectivity index (χ2n) is 6.97. The van der Waals surface area contributed by atoms with Gasteiger partial charge < -0.3 is 17.3 Å². The lowest BCUT2D eigenvalue weighted by Gasteiger charge is -2.23. The highest BCUT2D eigenvalue weighted by atomic mass is 31.1. The number of halogens is 4. The third kappa shape index (κ3) is 6.39. The lowest BCUT2D eigenvalue weighted by Crippen LogP contribution is -2.19. The number of hydrogen-bond donors (Lipinski definition) is 0. The summed E-state index contributed by atoms with van der Waals surface area (Å²) in [5.41, 5.74) is 3.72. The largest absolute Gasteiger partial charge is 0.673 e. The van der Waals surface area contributed by atoms with Gasteiger partial charge in [-0.1, -0.05) is 19.1 Å². The summed E-state index contributed by atoms with van der Waals surface area (Å²) in [6.45, 7) is 2.29. The predicted molar refractivity (Wildman–Crippen MR) is 98.5 cm³/mol. The molecule has 0 unspecified atom stereocenters. The van der Waals surface area contributed by atoms with Gasteiger partial charge >= 0.3 is 7.25 Å². The van der Waals surface area contributed by atoms with Gasteiger partial charge in [-0.15, -0.1) is 0 Å². The number of benzene rings is 1. The lowest BCUT2D eigenvalue weighted by atomic mass is 10.2. The first-order valence-corrected chi connectivity index (χ1v) is 10.9. The van der Waals surface area contributed by atoms with Crippen molar-refractivity contribution in [3.8, 4) is 0 Å². The highest BCUT2D eigenvalue weighted by molar-refractivity contribution is 7.67. The molecule has 24 heavy (non-hydrogen) atoms. The third-order valence-electron chi connectivity index (χ3n) is 5.26.